The van der Waals surface area contributed by atoms with Crippen molar-refractivity contribution in [2.45, 2.75) is 25.9 Å². The molecule has 4 rings (SSSR count). The minimum atomic E-state index is -4.66. The molecule has 0 saturated carbocycles. The zero-order valence-corrected chi connectivity index (χ0v) is 15.4. The molecular formula is C19H17F4N5O. The molecule has 3 heterocycles. The third-order valence-electron chi connectivity index (χ3n) is 4.99. The Bertz CT molecular complexity index is 1050. The number of fused-ring (bicyclic) bond motifs is 1. The van der Waals surface area contributed by atoms with Crippen LogP contribution in [0.4, 0.5) is 23.4 Å². The van der Waals surface area contributed by atoms with E-state index < -0.39 is 17.8 Å². The fourth-order valence-corrected chi connectivity index (χ4v) is 3.53. The summed E-state index contributed by atoms with van der Waals surface area (Å²) >= 11 is 0. The molecule has 2 aromatic heterocycles. The van der Waals surface area contributed by atoms with Crippen LogP contribution in [0.5, 0.6) is 0 Å². The van der Waals surface area contributed by atoms with Gasteiger partial charge in [0.2, 0.25) is 0 Å². The number of anilines is 1. The fourth-order valence-electron chi connectivity index (χ4n) is 3.53. The van der Waals surface area contributed by atoms with Crippen LogP contribution in [0.1, 0.15) is 34.7 Å². The van der Waals surface area contributed by atoms with Crippen molar-refractivity contribution in [1.82, 2.24) is 19.6 Å². The maximum Gasteiger partial charge on any atom is 0.453 e. The Balaban J connectivity index is 1.55. The van der Waals surface area contributed by atoms with Crippen LogP contribution in [0.25, 0.3) is 5.78 Å². The molecule has 6 nitrogen and oxygen atoms in total. The quantitative estimate of drug-likeness (QED) is 0.490. The lowest BCUT2D eigenvalue weighted by Gasteiger charge is -2.32. The van der Waals surface area contributed by atoms with E-state index in [-0.39, 0.29) is 17.5 Å². The van der Waals surface area contributed by atoms with E-state index in [1.807, 2.05) is 4.90 Å². The number of aromatic nitrogens is 4. The third kappa shape index (κ3) is 3.79. The molecule has 0 radical (unpaired) electrons. The number of benzene rings is 1. The van der Waals surface area contributed by atoms with E-state index in [4.69, 9.17) is 0 Å². The molecule has 0 aliphatic carbocycles. The van der Waals surface area contributed by atoms with Gasteiger partial charge in [0.25, 0.3) is 11.6 Å². The number of nitrogens with zero attached hydrogens (tertiary/aromatic N) is 5. The summed E-state index contributed by atoms with van der Waals surface area (Å²) in [4.78, 5) is 22.0. The molecule has 1 aliphatic rings. The molecule has 152 valence electrons. The monoisotopic (exact) mass is 407 g/mol. The molecule has 0 atom stereocenters. The Hall–Kier alpha value is -3.04. The standard InChI is InChI=1S/C19H17F4N5O/c1-11-10-15(28-18(24-11)25-17(26-28)19(21,22)23)27-8-6-13(7-9-27)16(29)12-2-4-14(20)5-3-12/h2-5,10,13H,6-9H2,1H3. The Morgan fingerprint density at radius 2 is 1.76 bits per heavy atom. The first kappa shape index (κ1) is 19.3. The van der Waals surface area contributed by atoms with E-state index >= 15 is 0 Å². The minimum absolute atomic E-state index is 0.0548. The zero-order valence-electron chi connectivity index (χ0n) is 15.4. The van der Waals surface area contributed by atoms with Crippen molar-refractivity contribution in [1.29, 1.82) is 0 Å². The number of rotatable bonds is 3. The maximum atomic E-state index is 13.1. The summed E-state index contributed by atoms with van der Waals surface area (Å²) in [6.45, 7) is 2.62. The van der Waals surface area contributed by atoms with Gasteiger partial charge >= 0.3 is 6.18 Å². The molecule has 10 heteroatoms. The average molecular weight is 407 g/mol. The van der Waals surface area contributed by atoms with Crippen molar-refractivity contribution >= 4 is 17.4 Å². The maximum absolute atomic E-state index is 13.1. The van der Waals surface area contributed by atoms with Crippen molar-refractivity contribution in [3.05, 3.63) is 53.2 Å². The molecular weight excluding hydrogens is 390 g/mol. The number of carbonyl (C=O) groups is 1. The summed E-state index contributed by atoms with van der Waals surface area (Å²) in [6, 6.07) is 7.09. The van der Waals surface area contributed by atoms with E-state index in [0.29, 0.717) is 43.0 Å². The van der Waals surface area contributed by atoms with Gasteiger partial charge in [-0.05, 0) is 44.0 Å². The number of aryl methyl sites for hydroxylation is 1. The number of carbonyl (C=O) groups excluding carboxylic acids is 1. The van der Waals surface area contributed by atoms with Crippen LogP contribution >= 0.6 is 0 Å². The predicted octanol–water partition coefficient (Wildman–Crippen LogP) is 3.69. The van der Waals surface area contributed by atoms with Crippen LogP contribution < -0.4 is 4.90 Å². The second-order valence-corrected chi connectivity index (χ2v) is 7.03. The van der Waals surface area contributed by atoms with Gasteiger partial charge in [-0.1, -0.05) is 0 Å². The zero-order chi connectivity index (χ0) is 20.8. The first-order valence-electron chi connectivity index (χ1n) is 9.09. The number of halogens is 4. The number of Topliss-reactive ketones (excluding diaryl/α,β-unsaturated/α-hetero) is 1. The van der Waals surface area contributed by atoms with Crippen LogP contribution in [0, 0.1) is 18.7 Å². The summed E-state index contributed by atoms with van der Waals surface area (Å²) in [5.74, 6) is -1.57. The van der Waals surface area contributed by atoms with E-state index in [1.165, 1.54) is 24.3 Å². The van der Waals surface area contributed by atoms with Crippen LogP contribution in [0.3, 0.4) is 0 Å². The number of hydrogen-bond acceptors (Lipinski definition) is 5. The summed E-state index contributed by atoms with van der Waals surface area (Å²) in [6.07, 6.45) is -3.60. The molecule has 1 fully saturated rings. The molecule has 1 aliphatic heterocycles. The Labute approximate surface area is 163 Å². The van der Waals surface area contributed by atoms with E-state index in [1.54, 1.807) is 13.0 Å². The topological polar surface area (TPSA) is 63.4 Å². The van der Waals surface area contributed by atoms with Gasteiger partial charge in [-0.15, -0.1) is 5.10 Å². The smallest absolute Gasteiger partial charge is 0.356 e. The largest absolute Gasteiger partial charge is 0.453 e. The van der Waals surface area contributed by atoms with Crippen molar-refractivity contribution in [3.63, 3.8) is 0 Å². The van der Waals surface area contributed by atoms with Gasteiger partial charge in [0.15, 0.2) is 5.78 Å². The minimum Gasteiger partial charge on any atom is -0.356 e. The predicted molar refractivity (Wildman–Crippen MR) is 96.2 cm³/mol. The molecule has 0 amide bonds. The number of ketones is 1. The van der Waals surface area contributed by atoms with Crippen LogP contribution in [0.15, 0.2) is 30.3 Å². The van der Waals surface area contributed by atoms with Crippen LogP contribution in [0.2, 0.25) is 0 Å². The van der Waals surface area contributed by atoms with Crippen molar-refractivity contribution in [3.8, 4) is 0 Å². The Kier molecular flexibility index (Phi) is 4.71. The van der Waals surface area contributed by atoms with Crippen molar-refractivity contribution in [2.24, 2.45) is 5.92 Å². The van der Waals surface area contributed by atoms with Gasteiger partial charge in [-0.3, -0.25) is 4.79 Å². The van der Waals surface area contributed by atoms with E-state index in [9.17, 15) is 22.4 Å². The summed E-state index contributed by atoms with van der Waals surface area (Å²) < 4.78 is 53.1. The SMILES string of the molecule is Cc1cc(N2CCC(C(=O)c3ccc(F)cc3)CC2)n2nc(C(F)(F)F)nc2n1. The first-order chi connectivity index (χ1) is 13.7. The normalized spacial score (nSPS) is 15.8. The van der Waals surface area contributed by atoms with Gasteiger partial charge in [-0.25, -0.2) is 9.37 Å². The van der Waals surface area contributed by atoms with Crippen molar-refractivity contribution < 1.29 is 22.4 Å². The summed E-state index contributed by atoms with van der Waals surface area (Å²) in [7, 11) is 0. The van der Waals surface area contributed by atoms with Gasteiger partial charge in [0, 0.05) is 36.3 Å². The molecule has 1 aromatic carbocycles. The van der Waals surface area contributed by atoms with E-state index in [2.05, 4.69) is 15.1 Å². The Morgan fingerprint density at radius 3 is 2.38 bits per heavy atom. The first-order valence-corrected chi connectivity index (χ1v) is 9.09. The molecule has 0 unspecified atom stereocenters. The van der Waals surface area contributed by atoms with Gasteiger partial charge in [0.1, 0.15) is 11.6 Å². The highest BCUT2D eigenvalue weighted by molar-refractivity contribution is 5.98. The summed E-state index contributed by atoms with van der Waals surface area (Å²) in [5.41, 5.74) is 0.983. The second kappa shape index (κ2) is 7.09. The lowest BCUT2D eigenvalue weighted by Crippen LogP contribution is -2.37. The van der Waals surface area contributed by atoms with E-state index in [0.717, 1.165) is 4.52 Å². The average Bonchev–Trinajstić information content (AvgIpc) is 3.12. The molecule has 0 N–H and O–H groups in total. The highest BCUT2D eigenvalue weighted by Gasteiger charge is 2.37. The van der Waals surface area contributed by atoms with Gasteiger partial charge in [-0.2, -0.15) is 22.7 Å². The number of alkyl halides is 3. The van der Waals surface area contributed by atoms with Gasteiger partial charge < -0.3 is 4.90 Å². The number of piperidine rings is 1. The molecule has 1 saturated heterocycles. The van der Waals surface area contributed by atoms with Crippen molar-refractivity contribution in [2.75, 3.05) is 18.0 Å². The molecule has 0 spiro atoms. The second-order valence-electron chi connectivity index (χ2n) is 7.03. The molecule has 3 aromatic rings. The lowest BCUT2D eigenvalue weighted by atomic mass is 9.89. The highest BCUT2D eigenvalue weighted by atomic mass is 19.4. The third-order valence-corrected chi connectivity index (χ3v) is 4.99. The van der Waals surface area contributed by atoms with Crippen LogP contribution in [-0.4, -0.2) is 38.5 Å². The highest BCUT2D eigenvalue weighted by Crippen LogP contribution is 2.29. The molecule has 29 heavy (non-hydrogen) atoms. The summed E-state index contributed by atoms with van der Waals surface area (Å²) in [5, 5.41) is 3.58. The number of hydrogen-bond donors (Lipinski definition) is 0. The molecule has 0 bridgehead atoms. The Morgan fingerprint density at radius 1 is 1.10 bits per heavy atom. The van der Waals surface area contributed by atoms with Gasteiger partial charge in [0.05, 0.1) is 0 Å². The lowest BCUT2D eigenvalue weighted by molar-refractivity contribution is -0.144. The fraction of sp³-hybridized carbons (Fsp3) is 0.368. The van der Waals surface area contributed by atoms with Crippen LogP contribution in [-0.2, 0) is 6.18 Å².